The second kappa shape index (κ2) is 5.37. The van der Waals surface area contributed by atoms with E-state index in [1.165, 1.54) is 12.5 Å². The molecule has 1 heterocycles. The zero-order valence-corrected chi connectivity index (χ0v) is 9.82. The van der Waals surface area contributed by atoms with Gasteiger partial charge in [-0.05, 0) is 30.9 Å². The maximum absolute atomic E-state index is 11.1. The highest BCUT2D eigenvalue weighted by atomic mass is 16.6. The molecule has 18 heavy (non-hydrogen) atoms. The van der Waals surface area contributed by atoms with Crippen molar-refractivity contribution in [1.29, 1.82) is 0 Å². The molecule has 0 atom stereocenters. The van der Waals surface area contributed by atoms with Gasteiger partial charge in [0.05, 0.1) is 4.92 Å². The van der Waals surface area contributed by atoms with Crippen molar-refractivity contribution >= 4 is 17.1 Å². The highest BCUT2D eigenvalue weighted by molar-refractivity contribution is 5.68. The Morgan fingerprint density at radius 2 is 2.06 bits per heavy atom. The average molecular weight is 247 g/mol. The van der Waals surface area contributed by atoms with E-state index in [-0.39, 0.29) is 11.4 Å². The lowest BCUT2D eigenvalue weighted by molar-refractivity contribution is -0.384. The minimum absolute atomic E-state index is 0.00167. The maximum atomic E-state index is 11.1. The Morgan fingerprint density at radius 1 is 1.33 bits per heavy atom. The fraction of sp³-hybridized carbons (Fsp3) is 0.455. The molecule has 1 saturated heterocycles. The fourth-order valence-electron chi connectivity index (χ4n) is 2.17. The third-order valence-corrected chi connectivity index (χ3v) is 3.01. The minimum Gasteiger partial charge on any atom is -0.366 e. The molecule has 2 rings (SSSR count). The molecule has 0 unspecified atom stereocenters. The molecule has 7 heteroatoms. The van der Waals surface area contributed by atoms with Crippen molar-refractivity contribution in [1.82, 2.24) is 0 Å². The Kier molecular flexibility index (Phi) is 3.64. The second-order valence-electron chi connectivity index (χ2n) is 4.17. The lowest BCUT2D eigenvalue weighted by Gasteiger charge is -2.28. The van der Waals surface area contributed by atoms with Crippen LogP contribution < -0.4 is 4.90 Å². The summed E-state index contributed by atoms with van der Waals surface area (Å²) in [6.07, 6.45) is 3.27. The van der Waals surface area contributed by atoms with E-state index in [1.54, 1.807) is 12.1 Å². The first-order valence-electron chi connectivity index (χ1n) is 5.81. The Hall–Kier alpha value is -2.27. The third kappa shape index (κ3) is 2.52. The molecule has 0 aromatic heterocycles. The van der Waals surface area contributed by atoms with Gasteiger partial charge in [-0.25, -0.2) is 0 Å². The normalized spacial score (nSPS) is 15.0. The van der Waals surface area contributed by atoms with E-state index in [1.807, 2.05) is 4.90 Å². The minimum atomic E-state index is -0.430. The summed E-state index contributed by atoms with van der Waals surface area (Å²) >= 11 is 0. The van der Waals surface area contributed by atoms with E-state index in [9.17, 15) is 10.1 Å². The van der Waals surface area contributed by atoms with Crippen molar-refractivity contribution in [3.63, 3.8) is 0 Å². The van der Waals surface area contributed by atoms with Gasteiger partial charge in [-0.15, -0.1) is 0 Å². The van der Waals surface area contributed by atoms with Crippen molar-refractivity contribution in [3.8, 4) is 0 Å². The SMILES string of the molecule is [N-]=[N+]=Nc1ccc(N2CCCCC2)c([N+](=O)[O-])c1. The quantitative estimate of drug-likeness (QED) is 0.269. The molecule has 7 nitrogen and oxygen atoms in total. The van der Waals surface area contributed by atoms with Gasteiger partial charge >= 0.3 is 0 Å². The lowest BCUT2D eigenvalue weighted by Crippen LogP contribution is -2.29. The predicted molar refractivity (Wildman–Crippen MR) is 68.0 cm³/mol. The molecule has 0 spiro atoms. The first-order chi connectivity index (χ1) is 8.72. The highest BCUT2D eigenvalue weighted by Crippen LogP contribution is 2.33. The zero-order valence-electron chi connectivity index (χ0n) is 9.82. The summed E-state index contributed by atoms with van der Waals surface area (Å²) < 4.78 is 0. The molecule has 1 aromatic rings. The predicted octanol–water partition coefficient (Wildman–Crippen LogP) is 3.53. The monoisotopic (exact) mass is 247 g/mol. The van der Waals surface area contributed by atoms with Crippen molar-refractivity contribution in [2.75, 3.05) is 18.0 Å². The number of piperidine rings is 1. The largest absolute Gasteiger partial charge is 0.366 e. The van der Waals surface area contributed by atoms with Gasteiger partial charge < -0.3 is 4.90 Å². The van der Waals surface area contributed by atoms with E-state index < -0.39 is 4.92 Å². The number of azide groups is 1. The van der Waals surface area contributed by atoms with Crippen molar-refractivity contribution in [2.45, 2.75) is 19.3 Å². The molecule has 1 aliphatic rings. The van der Waals surface area contributed by atoms with Crippen molar-refractivity contribution < 1.29 is 4.92 Å². The van der Waals surface area contributed by atoms with Crippen LogP contribution in [-0.2, 0) is 0 Å². The van der Waals surface area contributed by atoms with Crippen LogP contribution in [0.15, 0.2) is 23.3 Å². The summed E-state index contributed by atoms with van der Waals surface area (Å²) in [7, 11) is 0. The van der Waals surface area contributed by atoms with Crippen LogP contribution in [0.3, 0.4) is 0 Å². The first-order valence-corrected chi connectivity index (χ1v) is 5.81. The Balaban J connectivity index is 2.39. The van der Waals surface area contributed by atoms with Gasteiger partial charge in [0, 0.05) is 29.8 Å². The Morgan fingerprint density at radius 3 is 2.67 bits per heavy atom. The Labute approximate surface area is 104 Å². The molecule has 1 aromatic carbocycles. The number of benzene rings is 1. The molecule has 1 fully saturated rings. The lowest BCUT2D eigenvalue weighted by atomic mass is 10.1. The summed E-state index contributed by atoms with van der Waals surface area (Å²) in [5.41, 5.74) is 9.22. The molecule has 0 N–H and O–H groups in total. The molecular weight excluding hydrogens is 234 g/mol. The molecular formula is C11H13N5O2. The highest BCUT2D eigenvalue weighted by Gasteiger charge is 2.21. The smallest absolute Gasteiger partial charge is 0.292 e. The van der Waals surface area contributed by atoms with Crippen LogP contribution >= 0.6 is 0 Å². The van der Waals surface area contributed by atoms with Crippen LogP contribution in [0.5, 0.6) is 0 Å². The molecule has 0 amide bonds. The van der Waals surface area contributed by atoms with E-state index in [4.69, 9.17) is 5.53 Å². The number of anilines is 1. The summed E-state index contributed by atoms with van der Waals surface area (Å²) in [4.78, 5) is 15.3. The van der Waals surface area contributed by atoms with Crippen LogP contribution in [0.2, 0.25) is 0 Å². The van der Waals surface area contributed by atoms with E-state index in [0.717, 1.165) is 25.9 Å². The van der Waals surface area contributed by atoms with Crippen LogP contribution in [0, 0.1) is 10.1 Å². The van der Waals surface area contributed by atoms with Crippen LogP contribution in [0.4, 0.5) is 17.1 Å². The number of hydrogen-bond acceptors (Lipinski definition) is 4. The number of nitro benzene ring substituents is 1. The molecule has 0 aliphatic carbocycles. The molecule has 0 bridgehead atoms. The van der Waals surface area contributed by atoms with E-state index in [0.29, 0.717) is 5.69 Å². The molecule has 94 valence electrons. The van der Waals surface area contributed by atoms with Gasteiger partial charge in [0.1, 0.15) is 5.69 Å². The van der Waals surface area contributed by atoms with Gasteiger partial charge in [0.2, 0.25) is 0 Å². The summed E-state index contributed by atoms with van der Waals surface area (Å²) in [6, 6.07) is 4.59. The fourth-order valence-corrected chi connectivity index (χ4v) is 2.17. The molecule has 1 aliphatic heterocycles. The topological polar surface area (TPSA) is 95.1 Å². The van der Waals surface area contributed by atoms with Gasteiger partial charge in [0.25, 0.3) is 5.69 Å². The molecule has 0 radical (unpaired) electrons. The number of rotatable bonds is 3. The second-order valence-corrected chi connectivity index (χ2v) is 4.17. The van der Waals surface area contributed by atoms with Crippen molar-refractivity contribution in [3.05, 3.63) is 38.8 Å². The first kappa shape index (κ1) is 12.2. The summed E-state index contributed by atoms with van der Waals surface area (Å²) in [5, 5.41) is 14.5. The number of nitro groups is 1. The maximum Gasteiger partial charge on any atom is 0.292 e. The van der Waals surface area contributed by atoms with E-state index in [2.05, 4.69) is 10.0 Å². The van der Waals surface area contributed by atoms with Crippen LogP contribution in [0.25, 0.3) is 10.4 Å². The van der Waals surface area contributed by atoms with Gasteiger partial charge in [0.15, 0.2) is 0 Å². The van der Waals surface area contributed by atoms with Gasteiger partial charge in [-0.3, -0.25) is 10.1 Å². The third-order valence-electron chi connectivity index (χ3n) is 3.01. The van der Waals surface area contributed by atoms with Crippen LogP contribution in [-0.4, -0.2) is 18.0 Å². The summed E-state index contributed by atoms with van der Waals surface area (Å²) in [5.74, 6) is 0. The summed E-state index contributed by atoms with van der Waals surface area (Å²) in [6.45, 7) is 1.67. The Bertz CT molecular complexity index is 504. The number of hydrogen-bond donors (Lipinski definition) is 0. The average Bonchev–Trinajstić information content (AvgIpc) is 2.40. The van der Waals surface area contributed by atoms with Gasteiger partial charge in [-0.2, -0.15) is 0 Å². The van der Waals surface area contributed by atoms with Crippen molar-refractivity contribution in [2.24, 2.45) is 5.11 Å². The number of nitrogens with zero attached hydrogens (tertiary/aromatic N) is 5. The van der Waals surface area contributed by atoms with E-state index >= 15 is 0 Å². The van der Waals surface area contributed by atoms with Crippen LogP contribution in [0.1, 0.15) is 19.3 Å². The molecule has 0 saturated carbocycles. The standard InChI is InChI=1S/C11H13N5O2/c12-14-13-9-4-5-10(11(8-9)16(17)18)15-6-2-1-3-7-15/h4-5,8H,1-3,6-7H2. The van der Waals surface area contributed by atoms with Gasteiger partial charge in [-0.1, -0.05) is 11.2 Å². The zero-order chi connectivity index (χ0) is 13.0.